The number of hydrogen-bond donors (Lipinski definition) is 1. The molecule has 1 saturated heterocycles. The fourth-order valence-electron chi connectivity index (χ4n) is 4.30. The number of nitrogens with zero attached hydrogens (tertiary/aromatic N) is 1. The van der Waals surface area contributed by atoms with Gasteiger partial charge in [0.1, 0.15) is 11.6 Å². The molecular weight excluding hydrogens is 338 g/mol. The van der Waals surface area contributed by atoms with Gasteiger partial charge in [0.15, 0.2) is 0 Å². The molecule has 26 heavy (non-hydrogen) atoms. The monoisotopic (exact) mass is 366 g/mol. The number of ether oxygens (including phenoxy) is 1. The Hall–Kier alpha value is -1.53. The predicted octanol–water partition coefficient (Wildman–Crippen LogP) is 3.35. The minimum Gasteiger partial charge on any atom is -0.376 e. The summed E-state index contributed by atoms with van der Waals surface area (Å²) in [6, 6.07) is 3.73. The molecule has 4 nitrogen and oxygen atoms in total. The van der Waals surface area contributed by atoms with Gasteiger partial charge in [0.25, 0.3) is 0 Å². The van der Waals surface area contributed by atoms with Crippen LogP contribution in [0.5, 0.6) is 0 Å². The van der Waals surface area contributed by atoms with Crippen molar-refractivity contribution in [3.63, 3.8) is 0 Å². The van der Waals surface area contributed by atoms with E-state index in [0.717, 1.165) is 51.1 Å². The fourth-order valence-corrected chi connectivity index (χ4v) is 4.30. The van der Waals surface area contributed by atoms with Crippen molar-refractivity contribution in [2.45, 2.75) is 69.6 Å². The smallest absolute Gasteiger partial charge is 0.219 e. The summed E-state index contributed by atoms with van der Waals surface area (Å²) in [6.45, 7) is 2.78. The van der Waals surface area contributed by atoms with E-state index in [4.69, 9.17) is 10.5 Å². The zero-order valence-electron chi connectivity index (χ0n) is 15.3. The standard InChI is InChI=1S/C20H28F2N2O2/c1-13(25)24-10-2-3-19(23)20(24)12-26-16-7-4-14(5-8-16)17-9-6-15(21)11-18(17)22/h6,9,11,14,16,19-20H,2-5,7-8,10,12,23H2,1H3/t14-,16+,19-,20-/m0/s1. The summed E-state index contributed by atoms with van der Waals surface area (Å²) in [5, 5.41) is 0. The molecule has 0 bridgehead atoms. The Morgan fingerprint density at radius 2 is 1.96 bits per heavy atom. The van der Waals surface area contributed by atoms with Crippen molar-refractivity contribution in [3.8, 4) is 0 Å². The number of nitrogens with two attached hydrogens (primary N) is 1. The van der Waals surface area contributed by atoms with Crippen LogP contribution in [0.3, 0.4) is 0 Å². The molecule has 2 N–H and O–H groups in total. The Morgan fingerprint density at radius 3 is 2.62 bits per heavy atom. The van der Waals surface area contributed by atoms with Gasteiger partial charge in [-0.15, -0.1) is 0 Å². The lowest BCUT2D eigenvalue weighted by atomic mass is 9.82. The highest BCUT2D eigenvalue weighted by Gasteiger charge is 2.32. The molecule has 1 aromatic rings. The number of hydrogen-bond acceptors (Lipinski definition) is 3. The number of carbonyl (C=O) groups excluding carboxylic acids is 1. The number of benzene rings is 1. The summed E-state index contributed by atoms with van der Waals surface area (Å²) in [5.41, 5.74) is 6.80. The second-order valence-corrected chi connectivity index (χ2v) is 7.56. The first-order valence-corrected chi connectivity index (χ1v) is 9.55. The van der Waals surface area contributed by atoms with Crippen molar-refractivity contribution in [1.29, 1.82) is 0 Å². The molecule has 3 rings (SSSR count). The average molecular weight is 366 g/mol. The van der Waals surface area contributed by atoms with E-state index >= 15 is 0 Å². The second kappa shape index (κ2) is 8.44. The van der Waals surface area contributed by atoms with Crippen LogP contribution in [0.4, 0.5) is 8.78 Å². The molecule has 2 fully saturated rings. The van der Waals surface area contributed by atoms with Gasteiger partial charge < -0.3 is 15.4 Å². The summed E-state index contributed by atoms with van der Waals surface area (Å²) in [5.74, 6) is -0.841. The Kier molecular flexibility index (Phi) is 6.24. The number of carbonyl (C=O) groups is 1. The summed E-state index contributed by atoms with van der Waals surface area (Å²) < 4.78 is 33.1. The van der Waals surface area contributed by atoms with E-state index in [-0.39, 0.29) is 30.0 Å². The zero-order chi connectivity index (χ0) is 18.7. The van der Waals surface area contributed by atoms with Gasteiger partial charge in [-0.2, -0.15) is 0 Å². The van der Waals surface area contributed by atoms with Crippen LogP contribution in [0.25, 0.3) is 0 Å². The zero-order valence-corrected chi connectivity index (χ0v) is 15.3. The molecule has 1 aliphatic heterocycles. The lowest BCUT2D eigenvalue weighted by Gasteiger charge is -2.40. The van der Waals surface area contributed by atoms with E-state index in [2.05, 4.69) is 0 Å². The maximum absolute atomic E-state index is 14.0. The largest absolute Gasteiger partial charge is 0.376 e. The first-order valence-electron chi connectivity index (χ1n) is 9.55. The van der Waals surface area contributed by atoms with Gasteiger partial charge in [-0.05, 0) is 56.1 Å². The van der Waals surface area contributed by atoms with Crippen LogP contribution in [0.15, 0.2) is 18.2 Å². The topological polar surface area (TPSA) is 55.6 Å². The Labute approximate surface area is 153 Å². The maximum Gasteiger partial charge on any atom is 0.219 e. The molecule has 1 saturated carbocycles. The van der Waals surface area contributed by atoms with Gasteiger partial charge in [0.2, 0.25) is 5.91 Å². The van der Waals surface area contributed by atoms with E-state index in [0.29, 0.717) is 12.2 Å². The first-order chi connectivity index (χ1) is 12.5. The minimum atomic E-state index is -0.540. The molecule has 6 heteroatoms. The third kappa shape index (κ3) is 4.41. The van der Waals surface area contributed by atoms with Gasteiger partial charge in [-0.1, -0.05) is 6.07 Å². The Morgan fingerprint density at radius 1 is 1.23 bits per heavy atom. The van der Waals surface area contributed by atoms with Crippen LogP contribution in [-0.4, -0.2) is 42.1 Å². The highest BCUT2D eigenvalue weighted by Crippen LogP contribution is 2.35. The lowest BCUT2D eigenvalue weighted by molar-refractivity contribution is -0.135. The van der Waals surface area contributed by atoms with Crippen LogP contribution >= 0.6 is 0 Å². The van der Waals surface area contributed by atoms with Crippen molar-refractivity contribution in [2.75, 3.05) is 13.2 Å². The molecule has 1 amide bonds. The van der Waals surface area contributed by atoms with Crippen molar-refractivity contribution < 1.29 is 18.3 Å². The fraction of sp³-hybridized carbons (Fsp3) is 0.650. The molecule has 1 heterocycles. The number of halogens is 2. The molecular formula is C20H28F2N2O2. The van der Waals surface area contributed by atoms with Crippen molar-refractivity contribution >= 4 is 5.91 Å². The van der Waals surface area contributed by atoms with Gasteiger partial charge in [-0.25, -0.2) is 8.78 Å². The first kappa shape index (κ1) is 19.2. The highest BCUT2D eigenvalue weighted by atomic mass is 19.1. The average Bonchev–Trinajstić information content (AvgIpc) is 2.61. The summed E-state index contributed by atoms with van der Waals surface area (Å²) in [6.07, 6.45) is 5.27. The van der Waals surface area contributed by atoms with E-state index in [1.54, 1.807) is 13.0 Å². The van der Waals surface area contributed by atoms with Gasteiger partial charge in [0.05, 0.1) is 18.8 Å². The van der Waals surface area contributed by atoms with Crippen LogP contribution in [0.1, 0.15) is 56.9 Å². The minimum absolute atomic E-state index is 0.0442. The molecule has 144 valence electrons. The van der Waals surface area contributed by atoms with Crippen LogP contribution in [0.2, 0.25) is 0 Å². The van der Waals surface area contributed by atoms with Gasteiger partial charge in [-0.3, -0.25) is 4.79 Å². The van der Waals surface area contributed by atoms with E-state index in [9.17, 15) is 13.6 Å². The number of likely N-dealkylation sites (tertiary alicyclic amines) is 1. The van der Waals surface area contributed by atoms with Crippen molar-refractivity contribution in [3.05, 3.63) is 35.4 Å². The summed E-state index contributed by atoms with van der Waals surface area (Å²) >= 11 is 0. The molecule has 1 aliphatic carbocycles. The third-order valence-corrected chi connectivity index (χ3v) is 5.81. The number of piperidine rings is 1. The number of rotatable bonds is 4. The van der Waals surface area contributed by atoms with E-state index in [1.807, 2.05) is 4.90 Å². The molecule has 0 spiro atoms. The Bertz CT molecular complexity index is 632. The van der Waals surface area contributed by atoms with Gasteiger partial charge >= 0.3 is 0 Å². The third-order valence-electron chi connectivity index (χ3n) is 5.81. The molecule has 0 radical (unpaired) electrons. The molecule has 0 unspecified atom stereocenters. The molecule has 2 aliphatic rings. The van der Waals surface area contributed by atoms with Crippen LogP contribution in [-0.2, 0) is 9.53 Å². The normalized spacial score (nSPS) is 29.6. The number of amides is 1. The summed E-state index contributed by atoms with van der Waals surface area (Å²) in [7, 11) is 0. The van der Waals surface area contributed by atoms with Crippen LogP contribution in [0, 0.1) is 11.6 Å². The predicted molar refractivity (Wildman–Crippen MR) is 95.7 cm³/mol. The summed E-state index contributed by atoms with van der Waals surface area (Å²) in [4.78, 5) is 13.6. The SMILES string of the molecule is CC(=O)N1CCC[C@H](N)[C@@H]1CO[C@H]1CC[C@@H](c2ccc(F)cc2F)CC1. The molecule has 1 aromatic carbocycles. The van der Waals surface area contributed by atoms with Gasteiger partial charge in [0, 0.05) is 25.6 Å². The maximum atomic E-state index is 14.0. The quantitative estimate of drug-likeness (QED) is 0.889. The molecule has 2 atom stereocenters. The van der Waals surface area contributed by atoms with E-state index < -0.39 is 11.6 Å². The molecule has 0 aromatic heterocycles. The van der Waals surface area contributed by atoms with E-state index in [1.165, 1.54) is 6.07 Å². The Balaban J connectivity index is 1.51. The van der Waals surface area contributed by atoms with Crippen molar-refractivity contribution in [2.24, 2.45) is 5.73 Å². The highest BCUT2D eigenvalue weighted by molar-refractivity contribution is 5.73. The van der Waals surface area contributed by atoms with Crippen molar-refractivity contribution in [1.82, 2.24) is 4.90 Å². The van der Waals surface area contributed by atoms with Crippen LogP contribution < -0.4 is 5.73 Å². The second-order valence-electron chi connectivity index (χ2n) is 7.56. The lowest BCUT2D eigenvalue weighted by Crippen LogP contribution is -2.56.